The molecule has 0 heterocycles. The minimum atomic E-state index is 0. The van der Waals surface area contributed by atoms with Gasteiger partial charge in [0.1, 0.15) is 0 Å². The molecule has 0 bridgehead atoms. The van der Waals surface area contributed by atoms with Crippen molar-refractivity contribution < 1.29 is 0 Å². The zero-order valence-electron chi connectivity index (χ0n) is 12.4. The van der Waals surface area contributed by atoms with Crippen LogP contribution in [0.5, 0.6) is 0 Å². The van der Waals surface area contributed by atoms with Crippen LogP contribution in [0.2, 0.25) is 0 Å². The molecule has 0 spiro atoms. The van der Waals surface area contributed by atoms with Gasteiger partial charge in [0.25, 0.3) is 0 Å². The number of halogens is 2. The van der Waals surface area contributed by atoms with Crippen molar-refractivity contribution in [3.8, 4) is 0 Å². The van der Waals surface area contributed by atoms with E-state index in [0.717, 1.165) is 26.1 Å². The molecule has 0 unspecified atom stereocenters. The maximum absolute atomic E-state index is 5.55. The summed E-state index contributed by atoms with van der Waals surface area (Å²) in [5, 5.41) is 8.80. The number of nitrogens with one attached hydrogen (secondary N) is 1. The summed E-state index contributed by atoms with van der Waals surface area (Å²) in [6, 6.07) is 19.5. The van der Waals surface area contributed by atoms with Gasteiger partial charge in [0.15, 0.2) is 0 Å². The minimum absolute atomic E-state index is 0. The van der Waals surface area contributed by atoms with Crippen molar-refractivity contribution in [1.29, 1.82) is 0 Å². The SMILES string of the molecule is Cl.Cl.NCCCNCc1c2ccccc2cc2ccccc12. The Morgan fingerprint density at radius 3 is 1.91 bits per heavy atom. The van der Waals surface area contributed by atoms with E-state index >= 15 is 0 Å². The molecule has 0 amide bonds. The Hall–Kier alpha value is -1.32. The smallest absolute Gasteiger partial charge is 0.0217 e. The van der Waals surface area contributed by atoms with E-state index in [2.05, 4.69) is 59.9 Å². The van der Waals surface area contributed by atoms with Crippen LogP contribution >= 0.6 is 24.8 Å². The van der Waals surface area contributed by atoms with Gasteiger partial charge >= 0.3 is 0 Å². The van der Waals surface area contributed by atoms with Gasteiger partial charge < -0.3 is 11.1 Å². The highest BCUT2D eigenvalue weighted by atomic mass is 35.5. The number of hydrogen-bond donors (Lipinski definition) is 2. The third-order valence-corrected chi connectivity index (χ3v) is 3.74. The van der Waals surface area contributed by atoms with E-state index in [-0.39, 0.29) is 24.8 Å². The van der Waals surface area contributed by atoms with Crippen LogP contribution in [0.25, 0.3) is 21.5 Å². The van der Waals surface area contributed by atoms with Crippen LogP contribution in [0.1, 0.15) is 12.0 Å². The molecule has 0 aromatic heterocycles. The summed E-state index contributed by atoms with van der Waals surface area (Å²) < 4.78 is 0. The first-order valence-electron chi connectivity index (χ1n) is 7.20. The first kappa shape index (κ1) is 18.7. The van der Waals surface area contributed by atoms with Crippen LogP contribution < -0.4 is 11.1 Å². The molecule has 3 aromatic carbocycles. The topological polar surface area (TPSA) is 38.0 Å². The normalized spacial score (nSPS) is 10.2. The second-order valence-electron chi connectivity index (χ2n) is 5.12. The molecule has 0 saturated carbocycles. The van der Waals surface area contributed by atoms with Gasteiger partial charge in [-0.3, -0.25) is 0 Å². The average molecular weight is 337 g/mol. The van der Waals surface area contributed by atoms with Gasteiger partial charge in [-0.2, -0.15) is 0 Å². The second-order valence-corrected chi connectivity index (χ2v) is 5.12. The first-order chi connectivity index (χ1) is 9.90. The second kappa shape index (κ2) is 8.96. The third kappa shape index (κ3) is 3.90. The van der Waals surface area contributed by atoms with E-state index in [4.69, 9.17) is 5.73 Å². The number of benzene rings is 3. The zero-order valence-corrected chi connectivity index (χ0v) is 14.1. The first-order valence-corrected chi connectivity index (χ1v) is 7.20. The molecule has 3 N–H and O–H groups in total. The van der Waals surface area contributed by atoms with Crippen LogP contribution in [-0.2, 0) is 6.54 Å². The molecule has 4 heteroatoms. The molecule has 0 atom stereocenters. The molecule has 0 aliphatic heterocycles. The van der Waals surface area contributed by atoms with E-state index < -0.39 is 0 Å². The molecule has 0 radical (unpaired) electrons. The molecule has 3 aromatic rings. The zero-order chi connectivity index (χ0) is 13.8. The average Bonchev–Trinajstić information content (AvgIpc) is 2.50. The highest BCUT2D eigenvalue weighted by molar-refractivity contribution is 6.02. The Morgan fingerprint density at radius 2 is 1.36 bits per heavy atom. The van der Waals surface area contributed by atoms with E-state index in [9.17, 15) is 0 Å². The van der Waals surface area contributed by atoms with Gasteiger partial charge in [0.2, 0.25) is 0 Å². The Labute approximate surface area is 143 Å². The summed E-state index contributed by atoms with van der Waals surface area (Å²) in [6.45, 7) is 2.60. The largest absolute Gasteiger partial charge is 0.330 e. The van der Waals surface area contributed by atoms with Crippen molar-refractivity contribution >= 4 is 46.4 Å². The predicted molar refractivity (Wildman–Crippen MR) is 101 cm³/mol. The van der Waals surface area contributed by atoms with Gasteiger partial charge in [0.05, 0.1) is 0 Å². The van der Waals surface area contributed by atoms with Crippen LogP contribution in [0.15, 0.2) is 54.6 Å². The Morgan fingerprint density at radius 1 is 0.818 bits per heavy atom. The lowest BCUT2D eigenvalue weighted by molar-refractivity contribution is 0.659. The number of fused-ring (bicyclic) bond motifs is 2. The Balaban J connectivity index is 0.00000121. The Bertz CT molecular complexity index is 674. The summed E-state index contributed by atoms with van der Waals surface area (Å²) in [7, 11) is 0. The summed E-state index contributed by atoms with van der Waals surface area (Å²) in [4.78, 5) is 0. The van der Waals surface area contributed by atoms with Crippen molar-refractivity contribution in [2.75, 3.05) is 13.1 Å². The quantitative estimate of drug-likeness (QED) is 0.539. The van der Waals surface area contributed by atoms with Gasteiger partial charge in [-0.1, -0.05) is 48.5 Å². The van der Waals surface area contributed by atoms with Crippen LogP contribution in [0, 0.1) is 0 Å². The van der Waals surface area contributed by atoms with Gasteiger partial charge in [-0.05, 0) is 52.7 Å². The molecular weight excluding hydrogens is 315 g/mol. The van der Waals surface area contributed by atoms with Gasteiger partial charge in [-0.15, -0.1) is 24.8 Å². The van der Waals surface area contributed by atoms with Crippen molar-refractivity contribution in [3.05, 3.63) is 60.2 Å². The summed E-state index contributed by atoms with van der Waals surface area (Å²) in [5.41, 5.74) is 6.93. The molecule has 0 saturated heterocycles. The fourth-order valence-electron chi connectivity index (χ4n) is 2.74. The Kier molecular flexibility index (Phi) is 7.63. The van der Waals surface area contributed by atoms with E-state index in [1.807, 2.05) is 0 Å². The highest BCUT2D eigenvalue weighted by Crippen LogP contribution is 2.28. The van der Waals surface area contributed by atoms with Crippen LogP contribution in [-0.4, -0.2) is 13.1 Å². The molecule has 3 rings (SSSR count). The molecular formula is C18H22Cl2N2. The molecule has 118 valence electrons. The molecule has 22 heavy (non-hydrogen) atoms. The lowest BCUT2D eigenvalue weighted by atomic mass is 9.97. The van der Waals surface area contributed by atoms with Crippen molar-refractivity contribution in [2.24, 2.45) is 5.73 Å². The maximum atomic E-state index is 5.55. The predicted octanol–water partition coefficient (Wildman–Crippen LogP) is 4.28. The lowest BCUT2D eigenvalue weighted by Gasteiger charge is -2.12. The van der Waals surface area contributed by atoms with E-state index in [0.29, 0.717) is 0 Å². The summed E-state index contributed by atoms with van der Waals surface area (Å²) in [5.74, 6) is 0. The van der Waals surface area contributed by atoms with Crippen LogP contribution in [0.4, 0.5) is 0 Å². The lowest BCUT2D eigenvalue weighted by Crippen LogP contribution is -2.18. The summed E-state index contributed by atoms with van der Waals surface area (Å²) >= 11 is 0. The van der Waals surface area contributed by atoms with Crippen LogP contribution in [0.3, 0.4) is 0 Å². The molecule has 0 aliphatic carbocycles. The fraction of sp³-hybridized carbons (Fsp3) is 0.222. The summed E-state index contributed by atoms with van der Waals surface area (Å²) in [6.07, 6.45) is 1.02. The van der Waals surface area contributed by atoms with E-state index in [1.165, 1.54) is 27.1 Å². The third-order valence-electron chi connectivity index (χ3n) is 3.74. The standard InChI is InChI=1S/C18H20N2.2ClH/c19-10-5-11-20-13-18-16-8-3-1-6-14(16)12-15-7-2-4-9-17(15)18;;/h1-4,6-9,12,20H,5,10-11,13,19H2;2*1H. The van der Waals surface area contributed by atoms with Crippen molar-refractivity contribution in [3.63, 3.8) is 0 Å². The molecule has 0 aliphatic rings. The fourth-order valence-corrected chi connectivity index (χ4v) is 2.74. The number of rotatable bonds is 5. The van der Waals surface area contributed by atoms with Crippen molar-refractivity contribution in [2.45, 2.75) is 13.0 Å². The van der Waals surface area contributed by atoms with Gasteiger partial charge in [0, 0.05) is 6.54 Å². The number of hydrogen-bond acceptors (Lipinski definition) is 2. The monoisotopic (exact) mass is 336 g/mol. The van der Waals surface area contributed by atoms with Crippen molar-refractivity contribution in [1.82, 2.24) is 5.32 Å². The van der Waals surface area contributed by atoms with Gasteiger partial charge in [-0.25, -0.2) is 0 Å². The minimum Gasteiger partial charge on any atom is -0.330 e. The maximum Gasteiger partial charge on any atom is 0.0217 e. The molecule has 2 nitrogen and oxygen atoms in total. The highest BCUT2D eigenvalue weighted by Gasteiger charge is 2.06. The number of nitrogens with two attached hydrogens (primary N) is 1. The van der Waals surface area contributed by atoms with E-state index in [1.54, 1.807) is 0 Å². The molecule has 0 fully saturated rings.